The second-order valence-electron chi connectivity index (χ2n) is 5.32. The van der Waals surface area contributed by atoms with Crippen LogP contribution in [-0.4, -0.2) is 54.9 Å². The molecule has 7 nitrogen and oxygen atoms in total. The van der Waals surface area contributed by atoms with E-state index in [4.69, 9.17) is 0 Å². The Balaban J connectivity index is 1.63. The van der Waals surface area contributed by atoms with Crippen molar-refractivity contribution in [2.24, 2.45) is 7.05 Å². The molecule has 0 spiro atoms. The highest BCUT2D eigenvalue weighted by Gasteiger charge is 2.27. The molecule has 22 heavy (non-hydrogen) atoms. The molecule has 0 N–H and O–H groups in total. The first-order chi connectivity index (χ1) is 10.7. The fourth-order valence-electron chi connectivity index (χ4n) is 2.72. The maximum absolute atomic E-state index is 12.5. The normalized spacial score (nSPS) is 16.0. The summed E-state index contributed by atoms with van der Waals surface area (Å²) in [6.45, 7) is 1.45. The summed E-state index contributed by atoms with van der Waals surface area (Å²) in [6.07, 6.45) is 8.65. The number of hydrogen-bond donors (Lipinski definition) is 0. The molecule has 116 valence electrons. The standard InChI is InChI=1S/C14H18N6OS/c1-19-9-17-18-12(19)10-3-5-20(6-4-10)13(21)11-7-15-14(22-2)16-8-11/h7-10H,3-6H2,1-2H3. The number of piperidine rings is 1. The molecule has 3 heterocycles. The molecule has 1 amide bonds. The van der Waals surface area contributed by atoms with Crippen LogP contribution in [0.3, 0.4) is 0 Å². The average molecular weight is 318 g/mol. The molecule has 0 saturated carbocycles. The number of rotatable bonds is 3. The molecule has 2 aromatic rings. The van der Waals surface area contributed by atoms with E-state index in [9.17, 15) is 4.79 Å². The Kier molecular flexibility index (Phi) is 4.37. The monoisotopic (exact) mass is 318 g/mol. The summed E-state index contributed by atoms with van der Waals surface area (Å²) in [4.78, 5) is 22.7. The van der Waals surface area contributed by atoms with Gasteiger partial charge in [0, 0.05) is 38.4 Å². The van der Waals surface area contributed by atoms with Gasteiger partial charge in [0.15, 0.2) is 5.16 Å². The van der Waals surface area contributed by atoms with Crippen LogP contribution in [0.25, 0.3) is 0 Å². The quantitative estimate of drug-likeness (QED) is 0.628. The molecular formula is C14H18N6OS. The smallest absolute Gasteiger partial charge is 0.256 e. The first-order valence-corrected chi connectivity index (χ1v) is 8.40. The van der Waals surface area contributed by atoms with Gasteiger partial charge >= 0.3 is 0 Å². The molecule has 0 bridgehead atoms. The van der Waals surface area contributed by atoms with E-state index in [-0.39, 0.29) is 5.91 Å². The molecule has 2 aromatic heterocycles. The number of carbonyl (C=O) groups excluding carboxylic acids is 1. The third-order valence-electron chi connectivity index (χ3n) is 3.95. The van der Waals surface area contributed by atoms with Gasteiger partial charge in [-0.25, -0.2) is 9.97 Å². The lowest BCUT2D eigenvalue weighted by molar-refractivity contribution is 0.0709. The number of thioether (sulfide) groups is 1. The average Bonchev–Trinajstić information content (AvgIpc) is 3.00. The van der Waals surface area contributed by atoms with Crippen LogP contribution < -0.4 is 0 Å². The van der Waals surface area contributed by atoms with Gasteiger partial charge in [-0.2, -0.15) is 0 Å². The Hall–Kier alpha value is -1.96. The Morgan fingerprint density at radius 1 is 1.27 bits per heavy atom. The van der Waals surface area contributed by atoms with Gasteiger partial charge in [0.25, 0.3) is 5.91 Å². The largest absolute Gasteiger partial charge is 0.339 e. The Morgan fingerprint density at radius 3 is 2.50 bits per heavy atom. The minimum absolute atomic E-state index is 0.00377. The van der Waals surface area contributed by atoms with Crippen molar-refractivity contribution in [2.45, 2.75) is 23.9 Å². The lowest BCUT2D eigenvalue weighted by Crippen LogP contribution is -2.38. The van der Waals surface area contributed by atoms with Crippen molar-refractivity contribution < 1.29 is 4.79 Å². The van der Waals surface area contributed by atoms with E-state index in [1.54, 1.807) is 18.7 Å². The summed E-state index contributed by atoms with van der Waals surface area (Å²) in [5.74, 6) is 1.37. The Labute approximate surface area is 133 Å². The topological polar surface area (TPSA) is 76.8 Å². The van der Waals surface area contributed by atoms with Gasteiger partial charge in [0.2, 0.25) is 0 Å². The maximum Gasteiger partial charge on any atom is 0.256 e. The highest BCUT2D eigenvalue weighted by atomic mass is 32.2. The first-order valence-electron chi connectivity index (χ1n) is 7.18. The van der Waals surface area contributed by atoms with Crippen molar-refractivity contribution in [2.75, 3.05) is 19.3 Å². The fraction of sp³-hybridized carbons (Fsp3) is 0.500. The molecule has 0 unspecified atom stereocenters. The minimum Gasteiger partial charge on any atom is -0.339 e. The zero-order valence-electron chi connectivity index (χ0n) is 12.6. The van der Waals surface area contributed by atoms with Gasteiger partial charge in [-0.3, -0.25) is 4.79 Å². The van der Waals surface area contributed by atoms with Crippen LogP contribution >= 0.6 is 11.8 Å². The molecule has 0 aliphatic carbocycles. The zero-order chi connectivity index (χ0) is 15.5. The number of aromatic nitrogens is 5. The number of hydrogen-bond acceptors (Lipinski definition) is 6. The molecule has 8 heteroatoms. The van der Waals surface area contributed by atoms with E-state index in [2.05, 4.69) is 20.2 Å². The van der Waals surface area contributed by atoms with E-state index < -0.39 is 0 Å². The fourth-order valence-corrected chi connectivity index (χ4v) is 3.03. The lowest BCUT2D eigenvalue weighted by atomic mass is 9.95. The van der Waals surface area contributed by atoms with Gasteiger partial charge < -0.3 is 9.47 Å². The van der Waals surface area contributed by atoms with Crippen molar-refractivity contribution >= 4 is 17.7 Å². The van der Waals surface area contributed by atoms with E-state index in [1.807, 2.05) is 22.8 Å². The van der Waals surface area contributed by atoms with Crippen LogP contribution in [-0.2, 0) is 7.05 Å². The highest BCUT2D eigenvalue weighted by molar-refractivity contribution is 7.98. The zero-order valence-corrected chi connectivity index (χ0v) is 13.5. The van der Waals surface area contributed by atoms with E-state index >= 15 is 0 Å². The summed E-state index contributed by atoms with van der Waals surface area (Å²) in [6, 6.07) is 0. The molecule has 1 aliphatic heterocycles. The second kappa shape index (κ2) is 6.43. The number of aryl methyl sites for hydroxylation is 1. The molecule has 1 fully saturated rings. The molecule has 3 rings (SSSR count). The number of amides is 1. The van der Waals surface area contributed by atoms with Crippen LogP contribution in [0.2, 0.25) is 0 Å². The van der Waals surface area contributed by atoms with E-state index in [0.29, 0.717) is 16.6 Å². The third-order valence-corrected chi connectivity index (χ3v) is 4.53. The Morgan fingerprint density at radius 2 is 1.95 bits per heavy atom. The number of carbonyl (C=O) groups is 1. The molecule has 1 saturated heterocycles. The number of nitrogens with zero attached hydrogens (tertiary/aromatic N) is 6. The summed E-state index contributed by atoms with van der Waals surface area (Å²) in [7, 11) is 1.96. The van der Waals surface area contributed by atoms with Crippen molar-refractivity contribution in [3.05, 3.63) is 30.1 Å². The van der Waals surface area contributed by atoms with Crippen LogP contribution in [0, 0.1) is 0 Å². The predicted molar refractivity (Wildman–Crippen MR) is 82.7 cm³/mol. The van der Waals surface area contributed by atoms with Crippen molar-refractivity contribution in [1.29, 1.82) is 0 Å². The van der Waals surface area contributed by atoms with Crippen molar-refractivity contribution in [3.63, 3.8) is 0 Å². The van der Waals surface area contributed by atoms with Gasteiger partial charge in [-0.05, 0) is 19.1 Å². The lowest BCUT2D eigenvalue weighted by Gasteiger charge is -2.31. The first kappa shape index (κ1) is 15.0. The SMILES string of the molecule is CSc1ncc(C(=O)N2CCC(c3nncn3C)CC2)cn1. The summed E-state index contributed by atoms with van der Waals surface area (Å²) < 4.78 is 1.96. The number of likely N-dealkylation sites (tertiary alicyclic amines) is 1. The summed E-state index contributed by atoms with van der Waals surface area (Å²) in [5, 5.41) is 8.78. The van der Waals surface area contributed by atoms with E-state index in [1.165, 1.54) is 11.8 Å². The summed E-state index contributed by atoms with van der Waals surface area (Å²) in [5.41, 5.74) is 0.551. The predicted octanol–water partition coefficient (Wildman–Crippen LogP) is 1.35. The molecule has 0 aromatic carbocycles. The van der Waals surface area contributed by atoms with Crippen molar-refractivity contribution in [1.82, 2.24) is 29.6 Å². The van der Waals surface area contributed by atoms with E-state index in [0.717, 1.165) is 31.8 Å². The van der Waals surface area contributed by atoms with Crippen LogP contribution in [0.1, 0.15) is 34.9 Å². The Bertz CT molecular complexity index is 648. The second-order valence-corrected chi connectivity index (χ2v) is 6.10. The molecular weight excluding hydrogens is 300 g/mol. The van der Waals surface area contributed by atoms with Gasteiger partial charge in [-0.1, -0.05) is 11.8 Å². The molecule has 0 atom stereocenters. The highest BCUT2D eigenvalue weighted by Crippen LogP contribution is 2.26. The minimum atomic E-state index is 0.00377. The van der Waals surface area contributed by atoms with Crippen molar-refractivity contribution in [3.8, 4) is 0 Å². The van der Waals surface area contributed by atoms with Gasteiger partial charge in [0.1, 0.15) is 12.2 Å². The van der Waals surface area contributed by atoms with Crippen LogP contribution in [0.5, 0.6) is 0 Å². The summed E-state index contributed by atoms with van der Waals surface area (Å²) >= 11 is 1.46. The van der Waals surface area contributed by atoms with Gasteiger partial charge in [-0.15, -0.1) is 10.2 Å². The third kappa shape index (κ3) is 2.96. The molecule has 1 aliphatic rings. The van der Waals surface area contributed by atoms with Gasteiger partial charge in [0.05, 0.1) is 5.56 Å². The molecule has 0 radical (unpaired) electrons. The van der Waals surface area contributed by atoms with Crippen LogP contribution in [0.4, 0.5) is 0 Å². The van der Waals surface area contributed by atoms with Crippen LogP contribution in [0.15, 0.2) is 23.9 Å². The maximum atomic E-state index is 12.5.